The quantitative estimate of drug-likeness (QED) is 0.808. The van der Waals surface area contributed by atoms with Gasteiger partial charge in [-0.2, -0.15) is 0 Å². The number of urea groups is 1. The Hall–Kier alpha value is -3.09. The largest absolute Gasteiger partial charge is 0.481 e. The van der Waals surface area contributed by atoms with Crippen LogP contribution in [0.1, 0.15) is 12.0 Å². The minimum absolute atomic E-state index is 0.178. The van der Waals surface area contributed by atoms with Crippen molar-refractivity contribution < 1.29 is 14.3 Å². The molecule has 1 aromatic carbocycles. The number of ether oxygens (including phenoxy) is 1. The van der Waals surface area contributed by atoms with Crippen LogP contribution < -0.4 is 15.4 Å². The summed E-state index contributed by atoms with van der Waals surface area (Å²) in [5.41, 5.74) is 1.63. The van der Waals surface area contributed by atoms with Gasteiger partial charge in [-0.25, -0.2) is 9.78 Å². The first-order valence-corrected chi connectivity index (χ1v) is 7.91. The highest BCUT2D eigenvalue weighted by molar-refractivity contribution is 5.90. The fourth-order valence-corrected chi connectivity index (χ4v) is 2.15. The molecule has 0 atom stereocenters. The van der Waals surface area contributed by atoms with Crippen molar-refractivity contribution in [1.82, 2.24) is 15.2 Å². The number of nitrogens with zero attached hydrogens (tertiary/aromatic N) is 2. The summed E-state index contributed by atoms with van der Waals surface area (Å²) in [6.45, 7) is 0.768. The van der Waals surface area contributed by atoms with Crippen molar-refractivity contribution in [2.24, 2.45) is 0 Å². The molecule has 0 aliphatic rings. The minimum Gasteiger partial charge on any atom is -0.481 e. The molecule has 132 valence electrons. The standard InChI is InChI=1S/C18H22N4O3/c1-22(13-14-6-4-3-5-7-14)18(24)19-11-10-16(23)21-15-8-9-17(25-2)20-12-15/h3-9,12H,10-11,13H2,1-2H3,(H,19,24)(H,21,23). The van der Waals surface area contributed by atoms with E-state index in [1.165, 1.54) is 13.3 Å². The molecule has 0 radical (unpaired) electrons. The first kappa shape index (κ1) is 18.3. The summed E-state index contributed by atoms with van der Waals surface area (Å²) >= 11 is 0. The highest BCUT2D eigenvalue weighted by atomic mass is 16.5. The molecule has 0 aliphatic heterocycles. The molecule has 3 amide bonds. The van der Waals surface area contributed by atoms with Gasteiger partial charge in [0.15, 0.2) is 0 Å². The number of rotatable bonds is 7. The Kier molecular flexibility index (Phi) is 6.76. The first-order chi connectivity index (χ1) is 12.1. The summed E-state index contributed by atoms with van der Waals surface area (Å²) < 4.78 is 4.95. The average molecular weight is 342 g/mol. The van der Waals surface area contributed by atoms with Crippen LogP contribution in [0.5, 0.6) is 5.88 Å². The fraction of sp³-hybridized carbons (Fsp3) is 0.278. The smallest absolute Gasteiger partial charge is 0.317 e. The van der Waals surface area contributed by atoms with Crippen molar-refractivity contribution >= 4 is 17.6 Å². The summed E-state index contributed by atoms with van der Waals surface area (Å²) in [6.07, 6.45) is 1.69. The third kappa shape index (κ3) is 6.14. The zero-order chi connectivity index (χ0) is 18.1. The lowest BCUT2D eigenvalue weighted by Gasteiger charge is -2.18. The van der Waals surface area contributed by atoms with Gasteiger partial charge in [-0.05, 0) is 11.6 Å². The van der Waals surface area contributed by atoms with Crippen LogP contribution in [0.15, 0.2) is 48.7 Å². The summed E-state index contributed by atoms with van der Waals surface area (Å²) in [7, 11) is 3.24. The van der Waals surface area contributed by atoms with Crippen LogP contribution in [0.25, 0.3) is 0 Å². The van der Waals surface area contributed by atoms with Gasteiger partial charge in [-0.15, -0.1) is 0 Å². The highest BCUT2D eigenvalue weighted by Crippen LogP contribution is 2.11. The third-order valence-corrected chi connectivity index (χ3v) is 3.47. The monoisotopic (exact) mass is 342 g/mol. The molecular weight excluding hydrogens is 320 g/mol. The minimum atomic E-state index is -0.220. The maximum atomic E-state index is 12.0. The van der Waals surface area contributed by atoms with Gasteiger partial charge in [0, 0.05) is 32.6 Å². The summed E-state index contributed by atoms with van der Waals surface area (Å²) in [5.74, 6) is 0.282. The number of methoxy groups -OCH3 is 1. The molecule has 0 bridgehead atoms. The Morgan fingerprint density at radius 1 is 1.16 bits per heavy atom. The Labute approximate surface area is 147 Å². The Morgan fingerprint density at radius 3 is 2.56 bits per heavy atom. The van der Waals surface area contributed by atoms with E-state index in [4.69, 9.17) is 4.74 Å². The molecule has 2 rings (SSSR count). The normalized spacial score (nSPS) is 10.0. The van der Waals surface area contributed by atoms with Gasteiger partial charge < -0.3 is 20.3 Å². The van der Waals surface area contributed by atoms with Gasteiger partial charge in [0.25, 0.3) is 0 Å². The number of nitrogens with one attached hydrogen (secondary N) is 2. The third-order valence-electron chi connectivity index (χ3n) is 3.47. The van der Waals surface area contributed by atoms with Gasteiger partial charge in [0.2, 0.25) is 11.8 Å². The number of pyridine rings is 1. The lowest BCUT2D eigenvalue weighted by Crippen LogP contribution is -2.38. The number of benzene rings is 1. The van der Waals surface area contributed by atoms with Crippen molar-refractivity contribution in [3.8, 4) is 5.88 Å². The van der Waals surface area contributed by atoms with Crippen LogP contribution >= 0.6 is 0 Å². The van der Waals surface area contributed by atoms with Gasteiger partial charge >= 0.3 is 6.03 Å². The van der Waals surface area contributed by atoms with Crippen molar-refractivity contribution in [3.63, 3.8) is 0 Å². The molecule has 7 nitrogen and oxygen atoms in total. The second kappa shape index (κ2) is 9.27. The number of carbonyl (C=O) groups excluding carboxylic acids is 2. The van der Waals surface area contributed by atoms with E-state index in [1.54, 1.807) is 24.1 Å². The maximum Gasteiger partial charge on any atom is 0.317 e. The number of aromatic nitrogens is 1. The van der Waals surface area contributed by atoms with E-state index in [-0.39, 0.29) is 24.9 Å². The number of hydrogen-bond acceptors (Lipinski definition) is 4. The van der Waals surface area contributed by atoms with Crippen LogP contribution in [0, 0.1) is 0 Å². The molecule has 2 N–H and O–H groups in total. The number of hydrogen-bond donors (Lipinski definition) is 2. The second-order valence-corrected chi connectivity index (χ2v) is 5.46. The highest BCUT2D eigenvalue weighted by Gasteiger charge is 2.09. The summed E-state index contributed by atoms with van der Waals surface area (Å²) in [4.78, 5) is 29.5. The molecule has 25 heavy (non-hydrogen) atoms. The Morgan fingerprint density at radius 2 is 1.92 bits per heavy atom. The Balaban J connectivity index is 1.69. The zero-order valence-electron chi connectivity index (χ0n) is 14.4. The van der Waals surface area contributed by atoms with Crippen LogP contribution in [0.4, 0.5) is 10.5 Å². The van der Waals surface area contributed by atoms with Crippen LogP contribution in [-0.2, 0) is 11.3 Å². The Bertz CT molecular complexity index is 689. The predicted molar refractivity (Wildman–Crippen MR) is 95.3 cm³/mol. The van der Waals surface area contributed by atoms with E-state index in [2.05, 4.69) is 15.6 Å². The molecule has 0 aliphatic carbocycles. The maximum absolute atomic E-state index is 12.0. The van der Waals surface area contributed by atoms with E-state index < -0.39 is 0 Å². The first-order valence-electron chi connectivity index (χ1n) is 7.91. The van der Waals surface area contributed by atoms with E-state index in [1.807, 2.05) is 30.3 Å². The summed E-state index contributed by atoms with van der Waals surface area (Å²) in [6, 6.07) is 12.9. The molecule has 0 fully saturated rings. The molecule has 0 unspecified atom stereocenters. The molecule has 1 aromatic heterocycles. The van der Waals surface area contributed by atoms with E-state index >= 15 is 0 Å². The fourth-order valence-electron chi connectivity index (χ4n) is 2.15. The van der Waals surface area contributed by atoms with Crippen LogP contribution in [-0.4, -0.2) is 42.5 Å². The van der Waals surface area contributed by atoms with Crippen molar-refractivity contribution in [1.29, 1.82) is 0 Å². The number of anilines is 1. The summed E-state index contributed by atoms with van der Waals surface area (Å²) in [5, 5.41) is 5.44. The topological polar surface area (TPSA) is 83.6 Å². The van der Waals surface area contributed by atoms with Crippen molar-refractivity contribution in [2.45, 2.75) is 13.0 Å². The second-order valence-electron chi connectivity index (χ2n) is 5.46. The average Bonchev–Trinajstić information content (AvgIpc) is 2.63. The van der Waals surface area contributed by atoms with E-state index in [0.29, 0.717) is 18.1 Å². The molecule has 2 aromatic rings. The molecule has 0 saturated heterocycles. The van der Waals surface area contributed by atoms with Gasteiger partial charge in [0.1, 0.15) is 0 Å². The predicted octanol–water partition coefficient (Wildman–Crippen LogP) is 2.26. The molecule has 0 spiro atoms. The number of amides is 3. The van der Waals surface area contributed by atoms with Crippen molar-refractivity contribution in [2.75, 3.05) is 26.0 Å². The molecular formula is C18H22N4O3. The number of carbonyl (C=O) groups is 2. The SMILES string of the molecule is COc1ccc(NC(=O)CCNC(=O)N(C)Cc2ccccc2)cn1. The van der Waals surface area contributed by atoms with E-state index in [0.717, 1.165) is 5.56 Å². The van der Waals surface area contributed by atoms with Gasteiger partial charge in [-0.1, -0.05) is 30.3 Å². The lowest BCUT2D eigenvalue weighted by atomic mass is 10.2. The molecule has 1 heterocycles. The van der Waals surface area contributed by atoms with Crippen LogP contribution in [0.3, 0.4) is 0 Å². The van der Waals surface area contributed by atoms with Gasteiger partial charge in [0.05, 0.1) is 19.0 Å². The van der Waals surface area contributed by atoms with Gasteiger partial charge in [-0.3, -0.25) is 4.79 Å². The zero-order valence-corrected chi connectivity index (χ0v) is 14.4. The van der Waals surface area contributed by atoms with Crippen molar-refractivity contribution in [3.05, 3.63) is 54.2 Å². The van der Waals surface area contributed by atoms with E-state index in [9.17, 15) is 9.59 Å². The van der Waals surface area contributed by atoms with Crippen LogP contribution in [0.2, 0.25) is 0 Å². The lowest BCUT2D eigenvalue weighted by molar-refractivity contribution is -0.116. The molecule has 0 saturated carbocycles. The molecule has 7 heteroatoms.